The minimum absolute atomic E-state index is 0.733. The topological polar surface area (TPSA) is 18.8 Å². The highest BCUT2D eigenvalue weighted by Crippen LogP contribution is 2.33. The van der Waals surface area contributed by atoms with Crippen molar-refractivity contribution in [2.75, 3.05) is 29.5 Å². The Morgan fingerprint density at radius 3 is 2.40 bits per heavy atom. The van der Waals surface area contributed by atoms with Crippen molar-refractivity contribution in [2.45, 2.75) is 27.2 Å². The summed E-state index contributed by atoms with van der Waals surface area (Å²) in [6.45, 7) is 8.41. The van der Waals surface area contributed by atoms with Crippen LogP contribution in [0.4, 0.5) is 5.69 Å². The summed E-state index contributed by atoms with van der Waals surface area (Å²) in [5.74, 6) is 4.20. The van der Waals surface area contributed by atoms with Gasteiger partial charge in [-0.1, -0.05) is 48.4 Å². The Kier molecular flexibility index (Phi) is 6.55. The van der Waals surface area contributed by atoms with E-state index < -0.39 is 0 Å². The molecule has 0 bridgehead atoms. The number of amidine groups is 1. The highest BCUT2D eigenvalue weighted by Gasteiger charge is 2.27. The molecule has 0 radical (unpaired) electrons. The zero-order valence-electron chi connectivity index (χ0n) is 17.9. The minimum atomic E-state index is 0.733. The minimum Gasteiger partial charge on any atom is -0.355 e. The van der Waals surface area contributed by atoms with Crippen LogP contribution in [0.15, 0.2) is 71.1 Å². The number of aryl methyl sites for hydroxylation is 2. The zero-order chi connectivity index (χ0) is 21.1. The molecular formula is C25H28ClN3S. The maximum Gasteiger partial charge on any atom is 0.148 e. The average molecular weight is 438 g/mol. The van der Waals surface area contributed by atoms with Crippen LogP contribution in [0.25, 0.3) is 0 Å². The molecule has 2 aliphatic rings. The van der Waals surface area contributed by atoms with Crippen molar-refractivity contribution in [3.63, 3.8) is 0 Å². The first-order valence-electron chi connectivity index (χ1n) is 10.5. The first kappa shape index (κ1) is 21.1. The molecule has 30 heavy (non-hydrogen) atoms. The summed E-state index contributed by atoms with van der Waals surface area (Å²) in [5.41, 5.74) is 5.60. The molecule has 2 heterocycles. The third kappa shape index (κ3) is 4.45. The highest BCUT2D eigenvalue weighted by atomic mass is 35.5. The second-order valence-corrected chi connectivity index (χ2v) is 9.36. The number of hydrogen-bond donors (Lipinski definition) is 0. The van der Waals surface area contributed by atoms with Crippen molar-refractivity contribution in [2.24, 2.45) is 4.99 Å². The van der Waals surface area contributed by atoms with E-state index in [9.17, 15) is 0 Å². The van der Waals surface area contributed by atoms with Crippen LogP contribution >= 0.6 is 23.4 Å². The first-order chi connectivity index (χ1) is 14.6. The Labute approximate surface area is 189 Å². The lowest BCUT2D eigenvalue weighted by Crippen LogP contribution is -2.38. The van der Waals surface area contributed by atoms with Gasteiger partial charge in [-0.25, -0.2) is 4.99 Å². The van der Waals surface area contributed by atoms with Crippen LogP contribution in [0.1, 0.15) is 30.0 Å². The van der Waals surface area contributed by atoms with Crippen LogP contribution in [0.3, 0.4) is 0 Å². The van der Waals surface area contributed by atoms with E-state index in [0.29, 0.717) is 0 Å². The summed E-state index contributed by atoms with van der Waals surface area (Å²) >= 11 is 8.75. The van der Waals surface area contributed by atoms with Crippen molar-refractivity contribution in [3.05, 3.63) is 87.8 Å². The van der Waals surface area contributed by atoms with Gasteiger partial charge in [-0.3, -0.25) is 4.90 Å². The summed E-state index contributed by atoms with van der Waals surface area (Å²) < 4.78 is 0. The van der Waals surface area contributed by atoms with Crippen molar-refractivity contribution < 1.29 is 0 Å². The molecule has 3 nitrogen and oxygen atoms in total. The maximum absolute atomic E-state index is 6.74. The Morgan fingerprint density at radius 2 is 1.73 bits per heavy atom. The van der Waals surface area contributed by atoms with E-state index in [1.54, 1.807) is 0 Å². The van der Waals surface area contributed by atoms with Crippen LogP contribution in [0, 0.1) is 13.8 Å². The fourth-order valence-electron chi connectivity index (χ4n) is 3.77. The predicted molar refractivity (Wildman–Crippen MR) is 132 cm³/mol. The van der Waals surface area contributed by atoms with Gasteiger partial charge >= 0.3 is 0 Å². The number of halogens is 1. The molecule has 156 valence electrons. The van der Waals surface area contributed by atoms with Crippen LogP contribution < -0.4 is 4.90 Å². The lowest BCUT2D eigenvalue weighted by Gasteiger charge is -2.36. The predicted octanol–water partition coefficient (Wildman–Crippen LogP) is 6.41. The Bertz CT molecular complexity index is 1000. The lowest BCUT2D eigenvalue weighted by atomic mass is 10.1. The van der Waals surface area contributed by atoms with Crippen LogP contribution in [-0.2, 0) is 0 Å². The van der Waals surface area contributed by atoms with E-state index in [2.05, 4.69) is 79.1 Å². The molecule has 2 aromatic rings. The fraction of sp³-hybridized carbons (Fsp3) is 0.320. The summed E-state index contributed by atoms with van der Waals surface area (Å²) in [7, 11) is 0. The number of benzene rings is 2. The zero-order valence-corrected chi connectivity index (χ0v) is 19.4. The second kappa shape index (κ2) is 9.32. The van der Waals surface area contributed by atoms with Crippen molar-refractivity contribution in [1.82, 2.24) is 4.90 Å². The molecule has 0 amide bonds. The largest absolute Gasteiger partial charge is 0.355 e. The monoisotopic (exact) mass is 437 g/mol. The molecule has 0 spiro atoms. The van der Waals surface area contributed by atoms with Gasteiger partial charge in [0.05, 0.1) is 5.02 Å². The normalized spacial score (nSPS) is 18.5. The summed E-state index contributed by atoms with van der Waals surface area (Å²) in [4.78, 5) is 9.81. The lowest BCUT2D eigenvalue weighted by molar-refractivity contribution is 0.376. The van der Waals surface area contributed by atoms with E-state index in [4.69, 9.17) is 16.6 Å². The smallest absolute Gasteiger partial charge is 0.148 e. The van der Waals surface area contributed by atoms with Gasteiger partial charge in [-0.15, -0.1) is 0 Å². The van der Waals surface area contributed by atoms with E-state index in [1.165, 1.54) is 5.56 Å². The maximum atomic E-state index is 6.74. The van der Waals surface area contributed by atoms with Crippen LogP contribution in [0.5, 0.6) is 0 Å². The van der Waals surface area contributed by atoms with E-state index >= 15 is 0 Å². The summed E-state index contributed by atoms with van der Waals surface area (Å²) in [5, 5.41) is 0.733. The molecule has 2 aliphatic heterocycles. The molecular weight excluding hydrogens is 410 g/mol. The van der Waals surface area contributed by atoms with Gasteiger partial charge in [-0.2, -0.15) is 11.8 Å². The van der Waals surface area contributed by atoms with Gasteiger partial charge in [0.15, 0.2) is 0 Å². The van der Waals surface area contributed by atoms with Crippen molar-refractivity contribution in [1.29, 1.82) is 0 Å². The molecule has 2 aromatic carbocycles. The van der Waals surface area contributed by atoms with Gasteiger partial charge in [0.25, 0.3) is 0 Å². The van der Waals surface area contributed by atoms with Crippen LogP contribution in [-0.4, -0.2) is 35.3 Å². The number of thioether (sulfide) groups is 1. The summed E-state index contributed by atoms with van der Waals surface area (Å²) in [6.07, 6.45) is 5.45. The number of rotatable bonds is 4. The van der Waals surface area contributed by atoms with Gasteiger partial charge in [-0.05, 0) is 50.1 Å². The Morgan fingerprint density at radius 1 is 1.03 bits per heavy atom. The SMILES string of the molecule is CC/C=C1/C=C(N2CCSCC2)N=C(c2ccc(C)cc2Cl)N1c1ccc(C)cc1. The van der Waals surface area contributed by atoms with E-state index in [-0.39, 0.29) is 0 Å². The summed E-state index contributed by atoms with van der Waals surface area (Å²) in [6, 6.07) is 14.8. The number of allylic oxidation sites excluding steroid dienone is 2. The number of hydrogen-bond acceptors (Lipinski definition) is 4. The molecule has 0 aliphatic carbocycles. The van der Waals surface area contributed by atoms with Crippen LogP contribution in [0.2, 0.25) is 5.02 Å². The average Bonchev–Trinajstić information content (AvgIpc) is 2.75. The fourth-order valence-corrected chi connectivity index (χ4v) is 4.99. The van der Waals surface area contributed by atoms with Gasteiger partial charge in [0.1, 0.15) is 11.7 Å². The van der Waals surface area contributed by atoms with Crippen molar-refractivity contribution >= 4 is 34.9 Å². The Balaban J connectivity index is 1.87. The molecule has 5 heteroatoms. The molecule has 0 aromatic heterocycles. The van der Waals surface area contributed by atoms with E-state index in [0.717, 1.165) is 70.2 Å². The molecule has 4 rings (SSSR count). The quantitative estimate of drug-likeness (QED) is 0.550. The molecule has 0 atom stereocenters. The number of aliphatic imine (C=N–C) groups is 1. The van der Waals surface area contributed by atoms with Gasteiger partial charge in [0, 0.05) is 47.6 Å². The molecule has 0 unspecified atom stereocenters. The molecule has 1 saturated heterocycles. The molecule has 1 fully saturated rings. The Hall–Kier alpha value is -2.17. The highest BCUT2D eigenvalue weighted by molar-refractivity contribution is 7.99. The molecule has 0 N–H and O–H groups in total. The first-order valence-corrected chi connectivity index (χ1v) is 12.1. The van der Waals surface area contributed by atoms with E-state index in [1.807, 2.05) is 17.8 Å². The number of nitrogens with zero attached hydrogens (tertiary/aromatic N) is 3. The molecule has 0 saturated carbocycles. The third-order valence-electron chi connectivity index (χ3n) is 5.37. The van der Waals surface area contributed by atoms with Gasteiger partial charge < -0.3 is 4.90 Å². The standard InChI is InChI=1S/C25H28ClN3S/c1-4-5-21-17-24(28-12-14-30-15-13-28)27-25(22-11-8-19(3)16-23(22)26)29(21)20-9-6-18(2)7-10-20/h5-11,16-17H,4,12-15H2,1-3H3/b21-5-. The second-order valence-electron chi connectivity index (χ2n) is 7.73. The third-order valence-corrected chi connectivity index (χ3v) is 6.63. The van der Waals surface area contributed by atoms with Gasteiger partial charge in [0.2, 0.25) is 0 Å². The number of anilines is 1. The van der Waals surface area contributed by atoms with Crippen molar-refractivity contribution in [3.8, 4) is 0 Å².